The van der Waals surface area contributed by atoms with E-state index in [1.165, 1.54) is 11.1 Å². The van der Waals surface area contributed by atoms with Crippen molar-refractivity contribution in [1.82, 2.24) is 15.0 Å². The van der Waals surface area contributed by atoms with Gasteiger partial charge in [-0.15, -0.1) is 0 Å². The number of rotatable bonds is 3. The fourth-order valence-electron chi connectivity index (χ4n) is 4.39. The molecule has 5 rings (SSSR count). The SMILES string of the molecule is O=C([C@H]1CCCc2ccccc21)N1CCC[C@@H]1c1noc(C2CC2)n1. The van der Waals surface area contributed by atoms with Crippen molar-refractivity contribution in [3.63, 3.8) is 0 Å². The fraction of sp³-hybridized carbons (Fsp3) is 0.550. The average molecular weight is 337 g/mol. The number of hydrogen-bond donors (Lipinski definition) is 0. The van der Waals surface area contributed by atoms with Crippen molar-refractivity contribution in [3.05, 3.63) is 47.1 Å². The van der Waals surface area contributed by atoms with Gasteiger partial charge in [0.1, 0.15) is 0 Å². The Labute approximate surface area is 147 Å². The maximum Gasteiger partial charge on any atom is 0.230 e. The lowest BCUT2D eigenvalue weighted by molar-refractivity contribution is -0.134. The Hall–Kier alpha value is -2.17. The number of fused-ring (bicyclic) bond motifs is 1. The van der Waals surface area contributed by atoms with Crippen LogP contribution in [0, 0.1) is 0 Å². The standard InChI is InChI=1S/C20H23N3O2/c24-20(16-8-3-6-13-5-1-2-7-15(13)16)23-12-4-9-17(23)18-21-19(25-22-18)14-10-11-14/h1-2,5,7,14,16-17H,3-4,6,8-12H2/t16-,17+/m0/s1. The van der Waals surface area contributed by atoms with E-state index in [1.54, 1.807) is 0 Å². The van der Waals surface area contributed by atoms with Crippen molar-refractivity contribution in [2.75, 3.05) is 6.54 Å². The first kappa shape index (κ1) is 15.1. The molecule has 130 valence electrons. The highest BCUT2D eigenvalue weighted by Crippen LogP contribution is 2.41. The van der Waals surface area contributed by atoms with Gasteiger partial charge in [-0.05, 0) is 56.1 Å². The predicted molar refractivity (Wildman–Crippen MR) is 92.1 cm³/mol. The number of benzene rings is 1. The number of likely N-dealkylation sites (tertiary alicyclic amines) is 1. The van der Waals surface area contributed by atoms with E-state index in [0.717, 1.165) is 57.4 Å². The van der Waals surface area contributed by atoms with Crippen LogP contribution in [0.3, 0.4) is 0 Å². The van der Waals surface area contributed by atoms with Gasteiger partial charge in [0.25, 0.3) is 0 Å². The minimum atomic E-state index is -0.0159. The molecule has 0 radical (unpaired) electrons. The summed E-state index contributed by atoms with van der Waals surface area (Å²) < 4.78 is 5.43. The van der Waals surface area contributed by atoms with Crippen molar-refractivity contribution in [1.29, 1.82) is 0 Å². The van der Waals surface area contributed by atoms with Gasteiger partial charge < -0.3 is 9.42 Å². The van der Waals surface area contributed by atoms with Crippen molar-refractivity contribution >= 4 is 5.91 Å². The average Bonchev–Trinajstić information content (AvgIpc) is 3.19. The van der Waals surface area contributed by atoms with E-state index in [0.29, 0.717) is 11.7 Å². The van der Waals surface area contributed by atoms with Crippen LogP contribution in [0.15, 0.2) is 28.8 Å². The highest BCUT2D eigenvalue weighted by molar-refractivity contribution is 5.85. The normalized spacial score (nSPS) is 25.8. The number of nitrogens with zero attached hydrogens (tertiary/aromatic N) is 3. The quantitative estimate of drug-likeness (QED) is 0.856. The molecule has 2 aliphatic carbocycles. The van der Waals surface area contributed by atoms with Crippen LogP contribution >= 0.6 is 0 Å². The summed E-state index contributed by atoms with van der Waals surface area (Å²) in [4.78, 5) is 20.0. The number of hydrogen-bond acceptors (Lipinski definition) is 4. The largest absolute Gasteiger partial charge is 0.339 e. The van der Waals surface area contributed by atoms with E-state index < -0.39 is 0 Å². The Balaban J connectivity index is 1.41. The number of carbonyl (C=O) groups excluding carboxylic acids is 1. The van der Waals surface area contributed by atoms with Crippen LogP contribution in [0.25, 0.3) is 0 Å². The molecule has 2 heterocycles. The van der Waals surface area contributed by atoms with Gasteiger partial charge >= 0.3 is 0 Å². The lowest BCUT2D eigenvalue weighted by atomic mass is 9.82. The number of aryl methyl sites for hydroxylation is 1. The second-order valence-corrected chi connectivity index (χ2v) is 7.60. The molecule has 0 N–H and O–H groups in total. The van der Waals surface area contributed by atoms with E-state index in [2.05, 4.69) is 28.3 Å². The molecule has 2 fully saturated rings. The Morgan fingerprint density at radius 2 is 2.00 bits per heavy atom. The summed E-state index contributed by atoms with van der Waals surface area (Å²) in [6, 6.07) is 8.40. The van der Waals surface area contributed by atoms with Gasteiger partial charge in [-0.1, -0.05) is 29.4 Å². The van der Waals surface area contributed by atoms with Gasteiger partial charge in [-0.25, -0.2) is 0 Å². The molecule has 1 saturated heterocycles. The van der Waals surface area contributed by atoms with Gasteiger partial charge in [0, 0.05) is 12.5 Å². The first-order chi connectivity index (χ1) is 12.3. The molecule has 3 aliphatic rings. The van der Waals surface area contributed by atoms with Crippen molar-refractivity contribution in [2.24, 2.45) is 0 Å². The van der Waals surface area contributed by atoms with Gasteiger partial charge in [0.05, 0.1) is 12.0 Å². The molecular weight excluding hydrogens is 314 g/mol. The van der Waals surface area contributed by atoms with E-state index in [1.807, 2.05) is 11.0 Å². The minimum absolute atomic E-state index is 0.0136. The topological polar surface area (TPSA) is 59.2 Å². The molecule has 1 saturated carbocycles. The second kappa shape index (κ2) is 5.97. The maximum atomic E-state index is 13.3. The highest BCUT2D eigenvalue weighted by atomic mass is 16.5. The summed E-state index contributed by atoms with van der Waals surface area (Å²) >= 11 is 0. The summed E-state index contributed by atoms with van der Waals surface area (Å²) in [5, 5.41) is 4.20. The van der Waals surface area contributed by atoms with E-state index in [9.17, 15) is 4.79 Å². The lowest BCUT2D eigenvalue weighted by Gasteiger charge is -2.31. The second-order valence-electron chi connectivity index (χ2n) is 7.60. The zero-order chi connectivity index (χ0) is 16.8. The third kappa shape index (κ3) is 2.66. The summed E-state index contributed by atoms with van der Waals surface area (Å²) in [7, 11) is 0. The Bertz CT molecular complexity index is 796. The predicted octanol–water partition coefficient (Wildman–Crippen LogP) is 3.73. The third-order valence-corrected chi connectivity index (χ3v) is 5.89. The summed E-state index contributed by atoms with van der Waals surface area (Å²) in [6.07, 6.45) is 7.35. The molecule has 1 amide bonds. The third-order valence-electron chi connectivity index (χ3n) is 5.89. The Kier molecular flexibility index (Phi) is 3.61. The fourth-order valence-corrected chi connectivity index (χ4v) is 4.39. The molecule has 5 nitrogen and oxygen atoms in total. The molecule has 1 aliphatic heterocycles. The van der Waals surface area contributed by atoms with Crippen LogP contribution in [0.1, 0.15) is 79.2 Å². The Morgan fingerprint density at radius 1 is 1.12 bits per heavy atom. The monoisotopic (exact) mass is 337 g/mol. The molecule has 2 aromatic rings. The molecule has 0 bridgehead atoms. The molecule has 1 aromatic carbocycles. The van der Waals surface area contributed by atoms with Crippen LogP contribution in [0.4, 0.5) is 0 Å². The maximum absolute atomic E-state index is 13.3. The molecule has 2 atom stereocenters. The van der Waals surface area contributed by atoms with Crippen molar-refractivity contribution in [3.8, 4) is 0 Å². The first-order valence-electron chi connectivity index (χ1n) is 9.53. The van der Waals surface area contributed by atoms with Gasteiger partial charge in [-0.2, -0.15) is 4.98 Å². The molecule has 0 unspecified atom stereocenters. The number of amides is 1. The van der Waals surface area contributed by atoms with E-state index in [-0.39, 0.29) is 17.9 Å². The van der Waals surface area contributed by atoms with Gasteiger partial charge in [0.2, 0.25) is 11.8 Å². The molecule has 0 spiro atoms. The van der Waals surface area contributed by atoms with E-state index in [4.69, 9.17) is 4.52 Å². The van der Waals surface area contributed by atoms with Gasteiger partial charge in [-0.3, -0.25) is 4.79 Å². The van der Waals surface area contributed by atoms with E-state index >= 15 is 0 Å². The van der Waals surface area contributed by atoms with Crippen LogP contribution < -0.4 is 0 Å². The molecule has 1 aromatic heterocycles. The van der Waals surface area contributed by atoms with Crippen LogP contribution in [0.5, 0.6) is 0 Å². The van der Waals surface area contributed by atoms with Gasteiger partial charge in [0.15, 0.2) is 5.82 Å². The summed E-state index contributed by atoms with van der Waals surface area (Å²) in [5.41, 5.74) is 2.55. The molecular formula is C20H23N3O2. The summed E-state index contributed by atoms with van der Waals surface area (Å²) in [6.45, 7) is 0.801. The smallest absolute Gasteiger partial charge is 0.230 e. The lowest BCUT2D eigenvalue weighted by Crippen LogP contribution is -2.36. The number of carbonyl (C=O) groups is 1. The minimum Gasteiger partial charge on any atom is -0.339 e. The first-order valence-corrected chi connectivity index (χ1v) is 9.53. The van der Waals surface area contributed by atoms with Crippen molar-refractivity contribution in [2.45, 2.75) is 62.8 Å². The highest BCUT2D eigenvalue weighted by Gasteiger charge is 2.39. The molecule has 25 heavy (non-hydrogen) atoms. The van der Waals surface area contributed by atoms with Crippen LogP contribution in [-0.2, 0) is 11.2 Å². The zero-order valence-electron chi connectivity index (χ0n) is 14.4. The number of aromatic nitrogens is 2. The van der Waals surface area contributed by atoms with Crippen molar-refractivity contribution < 1.29 is 9.32 Å². The zero-order valence-corrected chi connectivity index (χ0v) is 14.4. The Morgan fingerprint density at radius 3 is 2.88 bits per heavy atom. The van der Waals surface area contributed by atoms with Crippen LogP contribution in [0.2, 0.25) is 0 Å². The molecule has 5 heteroatoms. The van der Waals surface area contributed by atoms with Crippen LogP contribution in [-0.4, -0.2) is 27.5 Å². The summed E-state index contributed by atoms with van der Waals surface area (Å²) in [5.74, 6) is 2.15.